The first kappa shape index (κ1) is 40.0. The zero-order chi connectivity index (χ0) is 40.4. The van der Waals surface area contributed by atoms with Crippen molar-refractivity contribution in [1.29, 1.82) is 0 Å². The summed E-state index contributed by atoms with van der Waals surface area (Å²) in [6, 6.07) is 14.3. The van der Waals surface area contributed by atoms with Crippen LogP contribution in [0.1, 0.15) is 89.0 Å². The number of hydrogen-bond donors (Lipinski definition) is 3. The van der Waals surface area contributed by atoms with Gasteiger partial charge in [-0.05, 0) is 69.9 Å². The van der Waals surface area contributed by atoms with Crippen LogP contribution in [0.15, 0.2) is 67.3 Å². The highest BCUT2D eigenvalue weighted by Crippen LogP contribution is 2.46. The molecule has 1 aromatic heterocycles. The predicted molar refractivity (Wildman–Crippen MR) is 223 cm³/mol. The van der Waals surface area contributed by atoms with Gasteiger partial charge in [-0.25, -0.2) is 13.4 Å². The van der Waals surface area contributed by atoms with Gasteiger partial charge in [-0.1, -0.05) is 74.2 Å². The van der Waals surface area contributed by atoms with E-state index in [1.807, 2.05) is 48.5 Å². The van der Waals surface area contributed by atoms with Crippen LogP contribution in [0.3, 0.4) is 0 Å². The van der Waals surface area contributed by atoms with Crippen LogP contribution in [0.25, 0.3) is 28.2 Å². The first-order valence-corrected chi connectivity index (χ1v) is 22.6. The van der Waals surface area contributed by atoms with Crippen molar-refractivity contribution in [3.05, 3.63) is 72.8 Å². The number of rotatable bonds is 9. The number of sulfonamides is 1. The molecule has 58 heavy (non-hydrogen) atoms. The van der Waals surface area contributed by atoms with Gasteiger partial charge in [0.15, 0.2) is 0 Å². The fourth-order valence-electron chi connectivity index (χ4n) is 9.11. The van der Waals surface area contributed by atoms with Crippen LogP contribution in [0, 0.1) is 11.8 Å². The molecular formula is C45H55N5O7S. The lowest BCUT2D eigenvalue weighted by molar-refractivity contribution is -0.142. The Balaban J connectivity index is 1.17. The molecule has 2 aromatic carbocycles. The van der Waals surface area contributed by atoms with Crippen molar-refractivity contribution in [2.75, 3.05) is 20.2 Å². The van der Waals surface area contributed by atoms with Gasteiger partial charge in [0, 0.05) is 41.0 Å². The summed E-state index contributed by atoms with van der Waals surface area (Å²) in [7, 11) is -2.21. The third-order valence-corrected chi connectivity index (χ3v) is 14.5. The molecule has 3 aromatic rings. The zero-order valence-corrected chi connectivity index (χ0v) is 34.1. The smallest absolute Gasteiger partial charge is 0.259 e. The van der Waals surface area contributed by atoms with Crippen LogP contribution in [-0.2, 0) is 24.4 Å². The maximum absolute atomic E-state index is 15.0. The summed E-state index contributed by atoms with van der Waals surface area (Å²) in [5.41, 5.74) is 1.70. The second kappa shape index (κ2) is 16.8. The van der Waals surface area contributed by atoms with Gasteiger partial charge in [0.2, 0.25) is 21.8 Å². The lowest BCUT2D eigenvalue weighted by atomic mass is 9.83. The van der Waals surface area contributed by atoms with Gasteiger partial charge in [0.1, 0.15) is 29.2 Å². The van der Waals surface area contributed by atoms with Gasteiger partial charge in [0.05, 0.1) is 36.2 Å². The highest BCUT2D eigenvalue weighted by Gasteiger charge is 2.62. The number of aromatic nitrogens is 1. The van der Waals surface area contributed by atoms with Crippen molar-refractivity contribution in [3.8, 4) is 22.8 Å². The van der Waals surface area contributed by atoms with E-state index in [-0.39, 0.29) is 31.2 Å². The van der Waals surface area contributed by atoms with E-state index in [0.717, 1.165) is 74.3 Å². The van der Waals surface area contributed by atoms with Crippen molar-refractivity contribution in [2.45, 2.75) is 112 Å². The third-order valence-electron chi connectivity index (χ3n) is 12.7. The highest BCUT2D eigenvalue weighted by atomic mass is 32.2. The molecule has 13 heteroatoms. The molecule has 8 rings (SSSR count). The maximum atomic E-state index is 15.0. The number of hydrogen-bond acceptors (Lipinski definition) is 9. The Morgan fingerprint density at radius 3 is 2.53 bits per heavy atom. The van der Waals surface area contributed by atoms with Crippen LogP contribution in [0.2, 0.25) is 0 Å². The minimum Gasteiger partial charge on any atom is -0.496 e. The van der Waals surface area contributed by atoms with Gasteiger partial charge in [0.25, 0.3) is 5.91 Å². The van der Waals surface area contributed by atoms with Crippen LogP contribution in [-0.4, -0.2) is 85.2 Å². The lowest BCUT2D eigenvalue weighted by Crippen LogP contribution is -2.59. The van der Waals surface area contributed by atoms with E-state index in [2.05, 4.69) is 34.1 Å². The van der Waals surface area contributed by atoms with E-state index in [0.29, 0.717) is 42.1 Å². The summed E-state index contributed by atoms with van der Waals surface area (Å²) in [6.45, 7) is 4.68. The fourth-order valence-corrected chi connectivity index (χ4v) is 10.5. The standard InChI is InChI=1S/C45H55N5O7S/c1-3-32-27-45(32,44(53)49-58(54,55)34-20-21-34)48-42(51)38-24-33-28-50(38)43(52)41(30-17-12-8-13-18-30)46-22-14-6-4-5-9-19-31-23-35-37(26-39(31)56-2)47-36(25-40(35)57-33)29-15-10-7-11-16-29/h3,7,9-11,15-16,19,23,25-26,30,32-34,38,41,46H,1,4-6,8,12-14,17-18,20-22,24,27-28H2,2H3,(H,48,51)(H,49,53)/t32-,33-,38+,41+,45-/m1/s1. The van der Waals surface area contributed by atoms with Crippen molar-refractivity contribution in [1.82, 2.24) is 25.2 Å². The van der Waals surface area contributed by atoms with Gasteiger partial charge in [-0.3, -0.25) is 19.1 Å². The number of fused-ring (bicyclic) bond motifs is 3. The van der Waals surface area contributed by atoms with Crippen LogP contribution in [0.4, 0.5) is 0 Å². The average molecular weight is 810 g/mol. The molecule has 0 radical (unpaired) electrons. The number of pyridine rings is 1. The fraction of sp³-hybridized carbons (Fsp3) is 0.511. The number of allylic oxidation sites excluding steroid dienone is 1. The summed E-state index contributed by atoms with van der Waals surface area (Å²) >= 11 is 0. The Bertz CT molecular complexity index is 2190. The van der Waals surface area contributed by atoms with E-state index >= 15 is 0 Å². The number of carbonyl (C=O) groups excluding carboxylic acids is 3. The number of amides is 3. The summed E-state index contributed by atoms with van der Waals surface area (Å²) in [4.78, 5) is 50.0. The average Bonchev–Trinajstić information content (AvgIpc) is 4.17. The van der Waals surface area contributed by atoms with E-state index in [9.17, 15) is 22.8 Å². The first-order valence-electron chi connectivity index (χ1n) is 21.1. The van der Waals surface area contributed by atoms with Crippen molar-refractivity contribution in [3.63, 3.8) is 0 Å². The molecule has 3 heterocycles. The maximum Gasteiger partial charge on any atom is 0.259 e. The molecule has 1 saturated heterocycles. The van der Waals surface area contributed by atoms with E-state index < -0.39 is 56.7 Å². The van der Waals surface area contributed by atoms with E-state index in [1.165, 1.54) is 0 Å². The number of carbonyl (C=O) groups is 3. The van der Waals surface area contributed by atoms with Crippen LogP contribution < -0.4 is 24.8 Å². The molecule has 4 fully saturated rings. The number of nitrogens with one attached hydrogen (secondary N) is 3. The molecule has 3 amide bonds. The van der Waals surface area contributed by atoms with E-state index in [4.69, 9.17) is 14.5 Å². The minimum absolute atomic E-state index is 0.128. The first-order chi connectivity index (χ1) is 28.1. The minimum atomic E-state index is -3.86. The van der Waals surface area contributed by atoms with Crippen LogP contribution >= 0.6 is 0 Å². The van der Waals surface area contributed by atoms with Gasteiger partial charge >= 0.3 is 0 Å². The molecule has 5 aliphatic rings. The molecule has 5 atom stereocenters. The topological polar surface area (TPSA) is 156 Å². The monoisotopic (exact) mass is 809 g/mol. The molecule has 12 nitrogen and oxygen atoms in total. The Morgan fingerprint density at radius 1 is 1.03 bits per heavy atom. The molecule has 3 aliphatic carbocycles. The van der Waals surface area contributed by atoms with Crippen molar-refractivity contribution >= 4 is 44.7 Å². The molecular weight excluding hydrogens is 755 g/mol. The summed E-state index contributed by atoms with van der Waals surface area (Å²) in [6.07, 6.45) is 15.5. The van der Waals surface area contributed by atoms with Crippen molar-refractivity contribution in [2.24, 2.45) is 11.8 Å². The highest BCUT2D eigenvalue weighted by molar-refractivity contribution is 7.91. The molecule has 4 bridgehead atoms. The normalized spacial score (nSPS) is 27.0. The Morgan fingerprint density at radius 2 is 1.81 bits per heavy atom. The molecule has 2 aliphatic heterocycles. The molecule has 0 unspecified atom stereocenters. The van der Waals surface area contributed by atoms with Gasteiger partial charge in [-0.15, -0.1) is 6.58 Å². The number of ether oxygens (including phenoxy) is 2. The zero-order valence-electron chi connectivity index (χ0n) is 33.3. The van der Waals surface area contributed by atoms with Crippen LogP contribution in [0.5, 0.6) is 11.5 Å². The largest absolute Gasteiger partial charge is 0.496 e. The summed E-state index contributed by atoms with van der Waals surface area (Å²) in [5, 5.41) is 6.75. The Labute approximate surface area is 341 Å². The predicted octanol–water partition coefficient (Wildman–Crippen LogP) is 6.05. The third kappa shape index (κ3) is 8.38. The summed E-state index contributed by atoms with van der Waals surface area (Å²) in [5.74, 6) is -0.502. The van der Waals surface area contributed by atoms with Crippen molar-refractivity contribution < 1.29 is 32.3 Å². The van der Waals surface area contributed by atoms with Gasteiger partial charge in [-0.2, -0.15) is 0 Å². The lowest BCUT2D eigenvalue weighted by Gasteiger charge is -2.35. The molecule has 0 spiro atoms. The van der Waals surface area contributed by atoms with E-state index in [1.54, 1.807) is 18.1 Å². The Kier molecular flexibility index (Phi) is 11.6. The molecule has 3 saturated carbocycles. The number of methoxy groups -OCH3 is 1. The SMILES string of the molecule is C=C[C@@H]1C[C@]1(NC(=O)[C@@H]1C[C@@H]2CN1C(=O)[C@H](C1CCCCC1)NCCCCCC=Cc1cc3c(cc(-c4ccccc4)nc3cc1OC)O2)C(=O)NS(=O)(=O)C1CC1. The second-order valence-corrected chi connectivity index (χ2v) is 18.7. The number of nitrogens with zero attached hydrogens (tertiary/aromatic N) is 2. The Hall–Kier alpha value is -4.75. The quantitative estimate of drug-likeness (QED) is 0.219. The van der Waals surface area contributed by atoms with Gasteiger partial charge < -0.3 is 25.0 Å². The second-order valence-electron chi connectivity index (χ2n) is 16.7. The molecule has 3 N–H and O–H groups in total. The molecule has 308 valence electrons. The number of benzene rings is 2. The summed E-state index contributed by atoms with van der Waals surface area (Å²) < 4.78 is 40.7.